The summed E-state index contributed by atoms with van der Waals surface area (Å²) < 4.78 is 27.7. The SMILES string of the molecule is CNC1CN(C2=CC(N)(Cc3c(F)cccc3F)N=C(N)N2)C1. The Morgan fingerprint density at radius 2 is 2.04 bits per heavy atom. The highest BCUT2D eigenvalue weighted by Gasteiger charge is 2.34. The van der Waals surface area contributed by atoms with Gasteiger partial charge in [-0.3, -0.25) is 0 Å². The Morgan fingerprint density at radius 3 is 2.65 bits per heavy atom. The van der Waals surface area contributed by atoms with Gasteiger partial charge in [0, 0.05) is 31.1 Å². The van der Waals surface area contributed by atoms with Crippen molar-refractivity contribution in [3.63, 3.8) is 0 Å². The Morgan fingerprint density at radius 1 is 1.39 bits per heavy atom. The zero-order valence-corrected chi connectivity index (χ0v) is 12.8. The van der Waals surface area contributed by atoms with Crippen LogP contribution in [0.3, 0.4) is 0 Å². The van der Waals surface area contributed by atoms with Crippen molar-refractivity contribution in [3.05, 3.63) is 47.3 Å². The van der Waals surface area contributed by atoms with E-state index in [9.17, 15) is 8.78 Å². The first-order valence-corrected chi connectivity index (χ1v) is 7.39. The molecule has 0 aromatic heterocycles. The number of guanidine groups is 1. The molecular formula is C15H20F2N6. The van der Waals surface area contributed by atoms with Gasteiger partial charge in [-0.1, -0.05) is 6.07 Å². The summed E-state index contributed by atoms with van der Waals surface area (Å²) in [6.45, 7) is 1.60. The quantitative estimate of drug-likeness (QED) is 0.618. The van der Waals surface area contributed by atoms with Gasteiger partial charge < -0.3 is 27.0 Å². The summed E-state index contributed by atoms with van der Waals surface area (Å²) in [7, 11) is 1.90. The second-order valence-electron chi connectivity index (χ2n) is 5.91. The number of nitrogens with two attached hydrogens (primary N) is 2. The molecule has 6 N–H and O–H groups in total. The molecular weight excluding hydrogens is 302 g/mol. The number of hydrogen-bond donors (Lipinski definition) is 4. The number of benzene rings is 1. The fourth-order valence-electron chi connectivity index (χ4n) is 2.79. The van der Waals surface area contributed by atoms with E-state index in [0.717, 1.165) is 13.1 Å². The lowest BCUT2D eigenvalue weighted by molar-refractivity contribution is 0.167. The van der Waals surface area contributed by atoms with E-state index < -0.39 is 17.3 Å². The Labute approximate surface area is 133 Å². The molecule has 1 aromatic rings. The minimum Gasteiger partial charge on any atom is -0.370 e. The molecule has 0 aliphatic carbocycles. The average molecular weight is 322 g/mol. The Kier molecular flexibility index (Phi) is 3.95. The number of hydrogen-bond acceptors (Lipinski definition) is 6. The summed E-state index contributed by atoms with van der Waals surface area (Å²) in [4.78, 5) is 6.17. The molecule has 0 bridgehead atoms. The van der Waals surface area contributed by atoms with Crippen LogP contribution in [-0.4, -0.2) is 42.7 Å². The van der Waals surface area contributed by atoms with Gasteiger partial charge in [-0.25, -0.2) is 13.8 Å². The van der Waals surface area contributed by atoms with Gasteiger partial charge in [0.15, 0.2) is 5.96 Å². The van der Waals surface area contributed by atoms with Crippen molar-refractivity contribution in [3.8, 4) is 0 Å². The molecule has 124 valence electrons. The van der Waals surface area contributed by atoms with E-state index in [1.807, 2.05) is 11.9 Å². The van der Waals surface area contributed by atoms with Crippen LogP contribution in [0.2, 0.25) is 0 Å². The molecule has 0 radical (unpaired) electrons. The van der Waals surface area contributed by atoms with Crippen molar-refractivity contribution in [1.29, 1.82) is 0 Å². The van der Waals surface area contributed by atoms with Crippen LogP contribution in [0.4, 0.5) is 8.78 Å². The summed E-state index contributed by atoms with van der Waals surface area (Å²) >= 11 is 0. The van der Waals surface area contributed by atoms with E-state index in [0.29, 0.717) is 11.9 Å². The maximum atomic E-state index is 13.9. The third kappa shape index (κ3) is 3.13. The largest absolute Gasteiger partial charge is 0.370 e. The lowest BCUT2D eigenvalue weighted by atomic mass is 9.98. The first kappa shape index (κ1) is 15.7. The van der Waals surface area contributed by atoms with E-state index in [-0.39, 0.29) is 17.9 Å². The van der Waals surface area contributed by atoms with Crippen molar-refractivity contribution in [1.82, 2.24) is 15.5 Å². The molecule has 1 atom stereocenters. The monoisotopic (exact) mass is 322 g/mol. The Balaban J connectivity index is 1.84. The summed E-state index contributed by atoms with van der Waals surface area (Å²) in [5, 5.41) is 6.12. The molecule has 2 heterocycles. The number of rotatable bonds is 4. The van der Waals surface area contributed by atoms with Crippen molar-refractivity contribution in [2.45, 2.75) is 18.1 Å². The molecule has 0 saturated carbocycles. The molecule has 2 aliphatic rings. The predicted molar refractivity (Wildman–Crippen MR) is 84.2 cm³/mol. The van der Waals surface area contributed by atoms with Crippen molar-refractivity contribution in [2.75, 3.05) is 20.1 Å². The van der Waals surface area contributed by atoms with Crippen LogP contribution in [0.25, 0.3) is 0 Å². The highest BCUT2D eigenvalue weighted by Crippen LogP contribution is 2.25. The zero-order chi connectivity index (χ0) is 16.6. The van der Waals surface area contributed by atoms with Gasteiger partial charge in [-0.2, -0.15) is 0 Å². The minimum atomic E-state index is -1.29. The summed E-state index contributed by atoms with van der Waals surface area (Å²) in [6.07, 6.45) is 1.56. The van der Waals surface area contributed by atoms with Crippen molar-refractivity contribution in [2.24, 2.45) is 16.5 Å². The molecule has 23 heavy (non-hydrogen) atoms. The molecule has 8 heteroatoms. The van der Waals surface area contributed by atoms with E-state index >= 15 is 0 Å². The molecule has 6 nitrogen and oxygen atoms in total. The molecule has 3 rings (SSSR count). The van der Waals surface area contributed by atoms with Crippen LogP contribution in [0, 0.1) is 11.6 Å². The number of likely N-dealkylation sites (N-methyl/N-ethyl adjacent to an activating group) is 1. The molecule has 0 amide bonds. The maximum absolute atomic E-state index is 13.9. The second kappa shape index (κ2) is 5.78. The summed E-state index contributed by atoms with van der Waals surface area (Å²) in [5.74, 6) is -0.439. The standard InChI is InChI=1S/C15H20F2N6/c1-20-9-7-23(8-9)13-6-15(19,22-14(18)21-13)5-10-11(16)3-2-4-12(10)17/h2-4,6,9,20H,5,7-8,19H2,1H3,(H3,18,21,22). The lowest BCUT2D eigenvalue weighted by Gasteiger charge is -2.44. The van der Waals surface area contributed by atoms with Gasteiger partial charge in [0.05, 0.1) is 0 Å². The smallest absolute Gasteiger partial charge is 0.196 e. The van der Waals surface area contributed by atoms with E-state index in [2.05, 4.69) is 15.6 Å². The molecule has 1 fully saturated rings. The van der Waals surface area contributed by atoms with E-state index in [4.69, 9.17) is 11.5 Å². The van der Waals surface area contributed by atoms with Gasteiger partial charge >= 0.3 is 0 Å². The Bertz CT molecular complexity index is 648. The molecule has 2 aliphatic heterocycles. The first-order valence-electron chi connectivity index (χ1n) is 7.39. The number of aliphatic imine (C=N–C) groups is 1. The lowest BCUT2D eigenvalue weighted by Crippen LogP contribution is -2.61. The van der Waals surface area contributed by atoms with Crippen LogP contribution in [0.1, 0.15) is 5.56 Å². The fraction of sp³-hybridized carbons (Fsp3) is 0.400. The van der Waals surface area contributed by atoms with E-state index in [1.165, 1.54) is 18.2 Å². The van der Waals surface area contributed by atoms with Gasteiger partial charge in [-0.05, 0) is 25.3 Å². The normalized spacial score (nSPS) is 24.6. The maximum Gasteiger partial charge on any atom is 0.196 e. The van der Waals surface area contributed by atoms with Crippen LogP contribution in [-0.2, 0) is 6.42 Å². The fourth-order valence-corrected chi connectivity index (χ4v) is 2.79. The number of nitrogens with one attached hydrogen (secondary N) is 2. The molecule has 1 unspecified atom stereocenters. The van der Waals surface area contributed by atoms with Crippen LogP contribution < -0.4 is 22.1 Å². The van der Waals surface area contributed by atoms with Crippen molar-refractivity contribution >= 4 is 5.96 Å². The third-order valence-electron chi connectivity index (χ3n) is 4.12. The van der Waals surface area contributed by atoms with Gasteiger partial charge in [0.1, 0.15) is 23.1 Å². The zero-order valence-electron chi connectivity index (χ0n) is 12.8. The molecule has 1 aromatic carbocycles. The second-order valence-corrected chi connectivity index (χ2v) is 5.91. The predicted octanol–water partition coefficient (Wildman–Crippen LogP) is -0.175. The van der Waals surface area contributed by atoms with Gasteiger partial charge in [0.25, 0.3) is 0 Å². The van der Waals surface area contributed by atoms with Crippen LogP contribution in [0.5, 0.6) is 0 Å². The number of nitrogens with zero attached hydrogens (tertiary/aromatic N) is 2. The number of halogens is 2. The van der Waals surface area contributed by atoms with E-state index in [1.54, 1.807) is 6.08 Å². The first-order chi connectivity index (χ1) is 10.9. The van der Waals surface area contributed by atoms with Crippen LogP contribution in [0.15, 0.2) is 35.1 Å². The third-order valence-corrected chi connectivity index (χ3v) is 4.12. The summed E-state index contributed by atoms with van der Waals surface area (Å²) in [6, 6.07) is 4.12. The van der Waals surface area contributed by atoms with Gasteiger partial charge in [-0.15, -0.1) is 0 Å². The molecule has 0 spiro atoms. The van der Waals surface area contributed by atoms with Crippen molar-refractivity contribution < 1.29 is 8.78 Å². The average Bonchev–Trinajstić information content (AvgIpc) is 2.41. The molecule has 1 saturated heterocycles. The van der Waals surface area contributed by atoms with Gasteiger partial charge in [0.2, 0.25) is 0 Å². The summed E-state index contributed by atoms with van der Waals surface area (Å²) in [5.41, 5.74) is 10.6. The minimum absolute atomic E-state index is 0.0965. The Hall–Kier alpha value is -2.19. The number of likely N-dealkylation sites (tertiary alicyclic amines) is 1. The highest BCUT2D eigenvalue weighted by molar-refractivity contribution is 5.81. The highest BCUT2D eigenvalue weighted by atomic mass is 19.1. The van der Waals surface area contributed by atoms with Crippen LogP contribution >= 0.6 is 0 Å². The topological polar surface area (TPSA) is 91.7 Å².